The molecule has 1 aromatic rings. The van der Waals surface area contributed by atoms with Crippen LogP contribution in [0.5, 0.6) is 5.75 Å². The Bertz CT molecular complexity index is 533. The van der Waals surface area contributed by atoms with Crippen molar-refractivity contribution < 1.29 is 14.6 Å². The van der Waals surface area contributed by atoms with Crippen molar-refractivity contribution in [2.45, 2.75) is 47.0 Å². The third-order valence-electron chi connectivity index (χ3n) is 3.45. The normalized spacial score (nSPS) is 11.0. The highest BCUT2D eigenvalue weighted by Crippen LogP contribution is 2.26. The number of carboxylic acid groups (broad SMARTS) is 1. The van der Waals surface area contributed by atoms with E-state index in [9.17, 15) is 4.79 Å². The molecule has 0 aliphatic heterocycles. The standard InChI is InChI=1S/C17H23NO3/c1-12-9-14(16(19)20)10-13(2)15(12)21-8-6-5-7-17(3,4)11-18/h9-10H,5-8H2,1-4H3,(H,19,20). The van der Waals surface area contributed by atoms with Crippen molar-refractivity contribution >= 4 is 5.97 Å². The van der Waals surface area contributed by atoms with Gasteiger partial charge in [0.2, 0.25) is 0 Å². The van der Waals surface area contributed by atoms with Crippen LogP contribution in [0.3, 0.4) is 0 Å². The van der Waals surface area contributed by atoms with E-state index in [-0.39, 0.29) is 11.0 Å². The number of unbranched alkanes of at least 4 members (excludes halogenated alkanes) is 1. The van der Waals surface area contributed by atoms with Gasteiger partial charge in [-0.3, -0.25) is 0 Å². The third kappa shape index (κ3) is 5.11. The van der Waals surface area contributed by atoms with E-state index in [4.69, 9.17) is 15.1 Å². The first-order valence-corrected chi connectivity index (χ1v) is 7.15. The fourth-order valence-corrected chi connectivity index (χ4v) is 2.20. The van der Waals surface area contributed by atoms with Crippen LogP contribution >= 0.6 is 0 Å². The molecule has 0 spiro atoms. The fraction of sp³-hybridized carbons (Fsp3) is 0.529. The van der Waals surface area contributed by atoms with Crippen LogP contribution in [0.2, 0.25) is 0 Å². The first kappa shape index (κ1) is 17.0. The van der Waals surface area contributed by atoms with Crippen LogP contribution in [-0.2, 0) is 0 Å². The predicted molar refractivity (Wildman–Crippen MR) is 81.6 cm³/mol. The van der Waals surface area contributed by atoms with E-state index in [1.807, 2.05) is 27.7 Å². The molecule has 1 N–H and O–H groups in total. The van der Waals surface area contributed by atoms with Gasteiger partial charge in [-0.2, -0.15) is 5.26 Å². The number of carboxylic acids is 1. The Morgan fingerprint density at radius 2 is 1.86 bits per heavy atom. The van der Waals surface area contributed by atoms with Crippen molar-refractivity contribution in [3.8, 4) is 11.8 Å². The number of nitrogens with zero attached hydrogens (tertiary/aromatic N) is 1. The Morgan fingerprint density at radius 1 is 1.29 bits per heavy atom. The van der Waals surface area contributed by atoms with Crippen LogP contribution in [0, 0.1) is 30.6 Å². The lowest BCUT2D eigenvalue weighted by Crippen LogP contribution is -2.09. The number of benzene rings is 1. The highest BCUT2D eigenvalue weighted by atomic mass is 16.5. The molecule has 0 atom stereocenters. The minimum Gasteiger partial charge on any atom is -0.493 e. The number of carbonyl (C=O) groups is 1. The average molecular weight is 289 g/mol. The lowest BCUT2D eigenvalue weighted by atomic mass is 9.89. The van der Waals surface area contributed by atoms with Gasteiger partial charge in [-0.05, 0) is 70.2 Å². The molecule has 0 radical (unpaired) electrons. The molecule has 1 aromatic carbocycles. The van der Waals surface area contributed by atoms with Crippen LogP contribution in [0.1, 0.15) is 54.6 Å². The monoisotopic (exact) mass is 289 g/mol. The summed E-state index contributed by atoms with van der Waals surface area (Å²) in [6.07, 6.45) is 2.67. The van der Waals surface area contributed by atoms with Crippen LogP contribution in [-0.4, -0.2) is 17.7 Å². The maximum Gasteiger partial charge on any atom is 0.335 e. The lowest BCUT2D eigenvalue weighted by molar-refractivity contribution is 0.0696. The molecule has 0 fully saturated rings. The zero-order valence-corrected chi connectivity index (χ0v) is 13.2. The Hall–Kier alpha value is -2.02. The molecule has 114 valence electrons. The van der Waals surface area contributed by atoms with Crippen LogP contribution < -0.4 is 4.74 Å². The molecule has 0 bridgehead atoms. The highest BCUT2D eigenvalue weighted by Gasteiger charge is 2.15. The molecule has 0 amide bonds. The van der Waals surface area contributed by atoms with Crippen molar-refractivity contribution in [2.24, 2.45) is 5.41 Å². The first-order valence-electron chi connectivity index (χ1n) is 7.15. The van der Waals surface area contributed by atoms with Crippen LogP contribution in [0.15, 0.2) is 12.1 Å². The molecule has 4 heteroatoms. The maximum absolute atomic E-state index is 11.0. The van der Waals surface area contributed by atoms with E-state index in [1.54, 1.807) is 12.1 Å². The molecular formula is C17H23NO3. The Balaban J connectivity index is 2.54. The lowest BCUT2D eigenvalue weighted by Gasteiger charge is -2.16. The first-order chi connectivity index (χ1) is 9.76. The summed E-state index contributed by atoms with van der Waals surface area (Å²) in [5.74, 6) is -0.161. The van der Waals surface area contributed by atoms with Crippen molar-refractivity contribution in [1.82, 2.24) is 0 Å². The summed E-state index contributed by atoms with van der Waals surface area (Å²) >= 11 is 0. The molecule has 0 aliphatic rings. The number of aromatic carboxylic acids is 1. The van der Waals surface area contributed by atoms with Gasteiger partial charge in [-0.25, -0.2) is 4.79 Å². The quantitative estimate of drug-likeness (QED) is 0.767. The summed E-state index contributed by atoms with van der Waals surface area (Å²) < 4.78 is 5.77. The van der Waals surface area contributed by atoms with Gasteiger partial charge in [0.05, 0.1) is 23.7 Å². The van der Waals surface area contributed by atoms with E-state index in [0.717, 1.165) is 36.1 Å². The number of nitriles is 1. The number of hydrogen-bond donors (Lipinski definition) is 1. The van der Waals surface area contributed by atoms with Gasteiger partial charge in [-0.15, -0.1) is 0 Å². The van der Waals surface area contributed by atoms with Gasteiger partial charge < -0.3 is 9.84 Å². The van der Waals surface area contributed by atoms with E-state index >= 15 is 0 Å². The van der Waals surface area contributed by atoms with Gasteiger partial charge in [-0.1, -0.05) is 0 Å². The maximum atomic E-state index is 11.0. The van der Waals surface area contributed by atoms with Crippen LogP contribution in [0.25, 0.3) is 0 Å². The van der Waals surface area contributed by atoms with Crippen LogP contribution in [0.4, 0.5) is 0 Å². The van der Waals surface area contributed by atoms with E-state index in [1.165, 1.54) is 0 Å². The number of rotatable bonds is 7. The second-order valence-electron chi connectivity index (χ2n) is 6.05. The molecule has 0 heterocycles. The minimum atomic E-state index is -0.925. The summed E-state index contributed by atoms with van der Waals surface area (Å²) in [6, 6.07) is 5.55. The smallest absolute Gasteiger partial charge is 0.335 e. The van der Waals surface area contributed by atoms with E-state index in [0.29, 0.717) is 6.61 Å². The molecule has 0 aromatic heterocycles. The van der Waals surface area contributed by atoms with E-state index in [2.05, 4.69) is 6.07 Å². The zero-order chi connectivity index (χ0) is 16.0. The van der Waals surface area contributed by atoms with Crippen molar-refractivity contribution in [3.63, 3.8) is 0 Å². The second-order valence-corrected chi connectivity index (χ2v) is 6.05. The summed E-state index contributed by atoms with van der Waals surface area (Å²) in [7, 11) is 0. The summed E-state index contributed by atoms with van der Waals surface area (Å²) in [5.41, 5.74) is 1.68. The van der Waals surface area contributed by atoms with Crippen molar-refractivity contribution in [1.29, 1.82) is 5.26 Å². The molecule has 21 heavy (non-hydrogen) atoms. The number of ether oxygens (including phenoxy) is 1. The Kier molecular flexibility index (Phi) is 5.78. The largest absolute Gasteiger partial charge is 0.493 e. The molecule has 0 saturated heterocycles. The average Bonchev–Trinajstić information content (AvgIpc) is 2.40. The zero-order valence-electron chi connectivity index (χ0n) is 13.2. The third-order valence-corrected chi connectivity index (χ3v) is 3.45. The highest BCUT2D eigenvalue weighted by molar-refractivity contribution is 5.88. The van der Waals surface area contributed by atoms with Crippen molar-refractivity contribution in [3.05, 3.63) is 28.8 Å². The summed E-state index contributed by atoms with van der Waals surface area (Å²) in [6.45, 7) is 8.16. The molecule has 1 rings (SSSR count). The van der Waals surface area contributed by atoms with Gasteiger partial charge in [0.1, 0.15) is 5.75 Å². The SMILES string of the molecule is Cc1cc(C(=O)O)cc(C)c1OCCCCC(C)(C)C#N. The number of aryl methyl sites for hydroxylation is 2. The second kappa shape index (κ2) is 7.12. The minimum absolute atomic E-state index is 0.283. The van der Waals surface area contributed by atoms with Crippen molar-refractivity contribution in [2.75, 3.05) is 6.61 Å². The molecule has 0 aliphatic carbocycles. The van der Waals surface area contributed by atoms with Gasteiger partial charge in [0.25, 0.3) is 0 Å². The van der Waals surface area contributed by atoms with Gasteiger partial charge in [0, 0.05) is 0 Å². The molecule has 0 unspecified atom stereocenters. The predicted octanol–water partition coefficient (Wildman–Crippen LogP) is 4.10. The fourth-order valence-electron chi connectivity index (χ4n) is 2.20. The molecule has 0 saturated carbocycles. The Morgan fingerprint density at radius 3 is 2.33 bits per heavy atom. The Labute approximate surface area is 126 Å². The molecule has 4 nitrogen and oxygen atoms in total. The summed E-state index contributed by atoms with van der Waals surface area (Å²) in [4.78, 5) is 11.0. The molecular weight excluding hydrogens is 266 g/mol. The van der Waals surface area contributed by atoms with Gasteiger partial charge in [0.15, 0.2) is 0 Å². The van der Waals surface area contributed by atoms with Gasteiger partial charge >= 0.3 is 5.97 Å². The van der Waals surface area contributed by atoms with E-state index < -0.39 is 5.97 Å². The topological polar surface area (TPSA) is 70.3 Å². The summed E-state index contributed by atoms with van der Waals surface area (Å²) in [5, 5.41) is 17.9. The number of hydrogen-bond acceptors (Lipinski definition) is 3.